The van der Waals surface area contributed by atoms with Crippen molar-refractivity contribution in [2.24, 2.45) is 0 Å². The summed E-state index contributed by atoms with van der Waals surface area (Å²) >= 11 is 2.45. The van der Waals surface area contributed by atoms with Crippen LogP contribution < -0.4 is 9.80 Å². The van der Waals surface area contributed by atoms with Crippen LogP contribution in [0, 0.1) is 17.4 Å². The van der Waals surface area contributed by atoms with E-state index in [1.807, 2.05) is 49.4 Å². The van der Waals surface area contributed by atoms with Gasteiger partial charge in [-0.1, -0.05) is 171 Å². The van der Waals surface area contributed by atoms with Crippen LogP contribution in [-0.2, 0) is 17.0 Å². The first kappa shape index (κ1) is 45.9. The molecule has 0 bridgehead atoms. The normalized spacial score (nSPS) is 13.9. The molecule has 0 atom stereocenters. The Kier molecular flexibility index (Phi) is 10.6. The van der Waals surface area contributed by atoms with Gasteiger partial charge >= 0.3 is 6.18 Å². The van der Waals surface area contributed by atoms with Crippen molar-refractivity contribution in [1.82, 2.24) is 0 Å². The number of anilines is 6. The molecule has 7 heteroatoms. The number of nitrogens with zero attached hydrogens (tertiary/aromatic N) is 2. The van der Waals surface area contributed by atoms with E-state index in [4.69, 9.17) is 4.42 Å². The second-order valence-electron chi connectivity index (χ2n) is 20.2. The van der Waals surface area contributed by atoms with Gasteiger partial charge in [0.1, 0.15) is 5.58 Å². The first-order chi connectivity index (χ1) is 35.8. The van der Waals surface area contributed by atoms with Crippen LogP contribution in [0.25, 0.3) is 44.2 Å². The van der Waals surface area contributed by atoms with E-state index in [1.54, 1.807) is 17.0 Å². The van der Waals surface area contributed by atoms with Crippen LogP contribution in [0.5, 0.6) is 0 Å². The summed E-state index contributed by atoms with van der Waals surface area (Å²) in [5.74, 6) is 0. The number of benzene rings is 10. The Morgan fingerprint density at radius 1 is 0.432 bits per heavy atom. The highest BCUT2D eigenvalue weighted by Crippen LogP contribution is 2.64. The molecule has 11 aromatic rings. The maximum Gasteiger partial charge on any atom is 0.418 e. The predicted molar refractivity (Wildman–Crippen MR) is 305 cm³/mol. The molecule has 0 unspecified atom stereocenters. The number of furan rings is 1. The largest absolute Gasteiger partial charge is 0.454 e. The van der Waals surface area contributed by atoms with Gasteiger partial charge in [-0.15, -0.1) is 0 Å². The monoisotopic (exact) mass is 1080 g/mol. The zero-order chi connectivity index (χ0) is 50.7. The standard InChI is InChI=1S/C67H48F3IN2O/c1-41-17-13-19-43(37-41)44-20-15-21-45(38-44)72(61-31-12-10-29-59(61)71)46-33-35-48-49-36-34-47(40-58(49)66(57(48)39-46)54-26-7-5-24-52(54)65(3,4)53-25-6-8-27-55(53)66)73(60-30-11-9-28-56(60)67(68,69)70)62-32-16-23-51-50-22-14-18-42(2)63(50)74-64(51)62/h5-40H,1-4H3. The molecule has 0 fully saturated rings. The molecule has 0 N–H and O–H groups in total. The number of hydrogen-bond acceptors (Lipinski definition) is 3. The van der Waals surface area contributed by atoms with Crippen LogP contribution in [0.15, 0.2) is 223 Å². The third-order valence-electron chi connectivity index (χ3n) is 15.6. The van der Waals surface area contributed by atoms with Gasteiger partial charge in [0.05, 0.1) is 28.0 Å². The smallest absolute Gasteiger partial charge is 0.418 e. The van der Waals surface area contributed by atoms with Crippen LogP contribution in [-0.4, -0.2) is 0 Å². The lowest BCUT2D eigenvalue weighted by Gasteiger charge is -2.47. The van der Waals surface area contributed by atoms with Crippen molar-refractivity contribution in [2.75, 3.05) is 9.80 Å². The molecule has 360 valence electrons. The molecule has 0 amide bonds. The van der Waals surface area contributed by atoms with Crippen molar-refractivity contribution < 1.29 is 17.6 Å². The van der Waals surface area contributed by atoms with Gasteiger partial charge in [-0.2, -0.15) is 13.2 Å². The van der Waals surface area contributed by atoms with Gasteiger partial charge in [0.15, 0.2) is 5.58 Å². The SMILES string of the molecule is Cc1cccc(-c2cccc(N(c3ccc4c(c3)C3(c5cc(N(c6ccccc6C(F)(F)F)c6cccc7c6oc6c(C)cccc67)ccc5-4)c4ccccc4C(C)(C)c4ccccc43)c3ccccc3I)c2)c1. The highest BCUT2D eigenvalue weighted by atomic mass is 127. The van der Waals surface area contributed by atoms with E-state index < -0.39 is 17.2 Å². The lowest BCUT2D eigenvalue weighted by atomic mass is 9.55. The molecule has 2 aliphatic carbocycles. The molecule has 1 heterocycles. The van der Waals surface area contributed by atoms with E-state index >= 15 is 13.2 Å². The minimum absolute atomic E-state index is 0.00283. The molecule has 74 heavy (non-hydrogen) atoms. The van der Waals surface area contributed by atoms with Crippen molar-refractivity contribution in [3.8, 4) is 22.3 Å². The summed E-state index contributed by atoms with van der Waals surface area (Å²) in [6, 6.07) is 74.1. The fraction of sp³-hybridized carbons (Fsp3) is 0.104. The van der Waals surface area contributed by atoms with Crippen LogP contribution in [0.2, 0.25) is 0 Å². The van der Waals surface area contributed by atoms with Crippen molar-refractivity contribution in [2.45, 2.75) is 44.7 Å². The van der Waals surface area contributed by atoms with Crippen molar-refractivity contribution in [1.29, 1.82) is 0 Å². The van der Waals surface area contributed by atoms with E-state index in [9.17, 15) is 0 Å². The lowest BCUT2D eigenvalue weighted by molar-refractivity contribution is -0.137. The van der Waals surface area contributed by atoms with Crippen LogP contribution >= 0.6 is 22.6 Å². The lowest BCUT2D eigenvalue weighted by Crippen LogP contribution is -2.40. The molecular formula is C67H48F3IN2O. The molecule has 13 rings (SSSR count). The fourth-order valence-corrected chi connectivity index (χ4v) is 12.9. The van der Waals surface area contributed by atoms with Crippen molar-refractivity contribution in [3.05, 3.63) is 272 Å². The van der Waals surface area contributed by atoms with E-state index in [2.05, 4.69) is 200 Å². The van der Waals surface area contributed by atoms with Gasteiger partial charge in [0, 0.05) is 36.8 Å². The quantitative estimate of drug-likeness (QED) is 0.148. The minimum atomic E-state index is -4.66. The maximum absolute atomic E-state index is 15.5. The second-order valence-corrected chi connectivity index (χ2v) is 21.4. The van der Waals surface area contributed by atoms with Crippen LogP contribution in [0.4, 0.5) is 47.3 Å². The van der Waals surface area contributed by atoms with Crippen LogP contribution in [0.3, 0.4) is 0 Å². The summed E-state index contributed by atoms with van der Waals surface area (Å²) in [6.45, 7) is 8.71. The molecule has 1 spiro atoms. The first-order valence-corrected chi connectivity index (χ1v) is 26.0. The first-order valence-electron chi connectivity index (χ1n) is 24.9. The van der Waals surface area contributed by atoms with Crippen molar-refractivity contribution >= 4 is 78.7 Å². The number of aryl methyl sites for hydroxylation is 2. The van der Waals surface area contributed by atoms with Crippen LogP contribution in [0.1, 0.15) is 63.9 Å². The molecule has 1 aromatic heterocycles. The van der Waals surface area contributed by atoms with Gasteiger partial charge in [-0.3, -0.25) is 0 Å². The van der Waals surface area contributed by atoms with E-state index in [0.717, 1.165) is 81.5 Å². The summed E-state index contributed by atoms with van der Waals surface area (Å²) in [5.41, 5.74) is 16.5. The molecule has 0 saturated carbocycles. The number of hydrogen-bond donors (Lipinski definition) is 0. The number of rotatable bonds is 7. The Labute approximate surface area is 442 Å². The molecule has 0 radical (unpaired) electrons. The molecular weight excluding hydrogens is 1030 g/mol. The van der Waals surface area contributed by atoms with Crippen molar-refractivity contribution in [3.63, 3.8) is 0 Å². The van der Waals surface area contributed by atoms with Gasteiger partial charge in [-0.05, 0) is 164 Å². The van der Waals surface area contributed by atoms with Gasteiger partial charge in [-0.25, -0.2) is 0 Å². The molecule has 2 aliphatic rings. The topological polar surface area (TPSA) is 19.6 Å². The number of halogens is 4. The third kappa shape index (κ3) is 6.92. The van der Waals surface area contributed by atoms with E-state index in [0.29, 0.717) is 22.5 Å². The molecule has 3 nitrogen and oxygen atoms in total. The molecule has 0 saturated heterocycles. The Morgan fingerprint density at radius 3 is 1.59 bits per heavy atom. The average Bonchev–Trinajstić information content (AvgIpc) is 3.98. The molecule has 10 aromatic carbocycles. The highest BCUT2D eigenvalue weighted by molar-refractivity contribution is 14.1. The molecule has 0 aliphatic heterocycles. The zero-order valence-electron chi connectivity index (χ0n) is 41.1. The van der Waals surface area contributed by atoms with E-state index in [1.165, 1.54) is 28.8 Å². The average molecular weight is 1080 g/mol. The minimum Gasteiger partial charge on any atom is -0.454 e. The third-order valence-corrected chi connectivity index (χ3v) is 16.5. The summed E-state index contributed by atoms with van der Waals surface area (Å²) in [5, 5.41) is 1.73. The Balaban J connectivity index is 1.11. The highest BCUT2D eigenvalue weighted by Gasteiger charge is 2.54. The summed E-state index contributed by atoms with van der Waals surface area (Å²) in [4.78, 5) is 4.12. The summed E-state index contributed by atoms with van der Waals surface area (Å²) < 4.78 is 54.4. The van der Waals surface area contributed by atoms with E-state index in [-0.39, 0.29) is 11.1 Å². The van der Waals surface area contributed by atoms with Gasteiger partial charge in [0.2, 0.25) is 0 Å². The fourth-order valence-electron chi connectivity index (χ4n) is 12.3. The summed E-state index contributed by atoms with van der Waals surface area (Å²) in [7, 11) is 0. The summed E-state index contributed by atoms with van der Waals surface area (Å²) in [6.07, 6.45) is -4.66. The van der Waals surface area contributed by atoms with Gasteiger partial charge in [0.25, 0.3) is 0 Å². The Morgan fingerprint density at radius 2 is 0.946 bits per heavy atom. The van der Waals surface area contributed by atoms with Gasteiger partial charge < -0.3 is 14.2 Å². The second kappa shape index (κ2) is 17.1. The Hall–Kier alpha value is -7.88. The number of alkyl halides is 3. The zero-order valence-corrected chi connectivity index (χ0v) is 43.3. The maximum atomic E-state index is 15.5. The number of para-hydroxylation sites is 4. The predicted octanol–water partition coefficient (Wildman–Crippen LogP) is 19.4. The Bertz CT molecular complexity index is 4020. The number of fused-ring (bicyclic) bond motifs is 12.